The lowest BCUT2D eigenvalue weighted by Crippen LogP contribution is -2.50. The Hall–Kier alpha value is -4.08. The van der Waals surface area contributed by atoms with E-state index in [2.05, 4.69) is 31.7 Å². The molecule has 0 unspecified atom stereocenters. The summed E-state index contributed by atoms with van der Waals surface area (Å²) in [5, 5.41) is 6.78. The minimum atomic E-state index is -0.488. The van der Waals surface area contributed by atoms with Gasteiger partial charge in [0.25, 0.3) is 0 Å². The predicted octanol–water partition coefficient (Wildman–Crippen LogP) is 2.23. The van der Waals surface area contributed by atoms with Crippen molar-refractivity contribution in [3.63, 3.8) is 0 Å². The molecule has 0 saturated carbocycles. The fraction of sp³-hybridized carbons (Fsp3) is 0.273. The van der Waals surface area contributed by atoms with E-state index in [0.29, 0.717) is 18.9 Å². The number of fused-ring (bicyclic) bond motifs is 3. The zero-order valence-corrected chi connectivity index (χ0v) is 17.8. The van der Waals surface area contributed by atoms with Gasteiger partial charge in [-0.3, -0.25) is 9.69 Å². The summed E-state index contributed by atoms with van der Waals surface area (Å²) in [7, 11) is 3.79. The first-order valence-corrected chi connectivity index (χ1v) is 10.3. The minimum absolute atomic E-state index is 0.0258. The molecule has 2 amide bonds. The number of aromatic nitrogens is 4. The predicted molar refractivity (Wildman–Crippen MR) is 120 cm³/mol. The summed E-state index contributed by atoms with van der Waals surface area (Å²) in [6, 6.07) is 9.84. The molecule has 10 nitrogen and oxygen atoms in total. The third kappa shape index (κ3) is 3.49. The Labute approximate surface area is 183 Å². The third-order valence-electron chi connectivity index (χ3n) is 5.57. The van der Waals surface area contributed by atoms with Gasteiger partial charge in [0, 0.05) is 38.3 Å². The topological polar surface area (TPSA) is 117 Å². The summed E-state index contributed by atoms with van der Waals surface area (Å²) in [5.41, 5.74) is 5.29. The van der Waals surface area contributed by atoms with E-state index in [-0.39, 0.29) is 19.1 Å². The fourth-order valence-corrected chi connectivity index (χ4v) is 3.99. The van der Waals surface area contributed by atoms with Gasteiger partial charge in [-0.2, -0.15) is 0 Å². The number of carbonyl (C=O) groups excluding carboxylic acids is 2. The second-order valence-corrected chi connectivity index (χ2v) is 7.73. The molecule has 5 rings (SSSR count). The number of H-pyrrole nitrogens is 1. The molecule has 4 aromatic rings. The van der Waals surface area contributed by atoms with Crippen molar-refractivity contribution in [1.29, 1.82) is 0 Å². The van der Waals surface area contributed by atoms with Gasteiger partial charge in [-0.25, -0.2) is 14.8 Å². The number of aryl methyl sites for hydroxylation is 1. The SMILES string of the molecule is CNc1nc2[nH]c(-c3cccc(COC(=O)N4CCNC(=O)C4)c3)cc2c2c1ncn2C. The van der Waals surface area contributed by atoms with Gasteiger partial charge < -0.3 is 24.9 Å². The number of ether oxygens (including phenoxy) is 1. The van der Waals surface area contributed by atoms with Crippen molar-refractivity contribution in [2.24, 2.45) is 7.05 Å². The second kappa shape index (κ2) is 7.88. The van der Waals surface area contributed by atoms with Crippen LogP contribution in [-0.2, 0) is 23.2 Å². The van der Waals surface area contributed by atoms with Crippen molar-refractivity contribution in [2.45, 2.75) is 6.61 Å². The molecule has 32 heavy (non-hydrogen) atoms. The number of pyridine rings is 1. The molecule has 0 aliphatic carbocycles. The number of amides is 2. The lowest BCUT2D eigenvalue weighted by atomic mass is 10.1. The summed E-state index contributed by atoms with van der Waals surface area (Å²) in [5.74, 6) is 0.542. The van der Waals surface area contributed by atoms with Crippen molar-refractivity contribution in [3.05, 3.63) is 42.2 Å². The van der Waals surface area contributed by atoms with Crippen LogP contribution in [0.25, 0.3) is 33.3 Å². The number of anilines is 1. The first-order chi connectivity index (χ1) is 15.5. The zero-order valence-electron chi connectivity index (χ0n) is 17.8. The van der Waals surface area contributed by atoms with Crippen LogP contribution in [0.4, 0.5) is 10.6 Å². The zero-order chi connectivity index (χ0) is 22.2. The maximum Gasteiger partial charge on any atom is 0.410 e. The van der Waals surface area contributed by atoms with Gasteiger partial charge in [0.1, 0.15) is 24.3 Å². The Balaban J connectivity index is 1.40. The number of hydrogen-bond acceptors (Lipinski definition) is 6. The van der Waals surface area contributed by atoms with E-state index in [9.17, 15) is 9.59 Å². The summed E-state index contributed by atoms with van der Waals surface area (Å²) in [6.07, 6.45) is 1.29. The Bertz CT molecular complexity index is 1340. The van der Waals surface area contributed by atoms with Crippen molar-refractivity contribution in [3.8, 4) is 11.3 Å². The normalized spacial score (nSPS) is 14.1. The van der Waals surface area contributed by atoms with E-state index in [4.69, 9.17) is 4.74 Å². The minimum Gasteiger partial charge on any atom is -0.445 e. The summed E-state index contributed by atoms with van der Waals surface area (Å²) >= 11 is 0. The lowest BCUT2D eigenvalue weighted by molar-refractivity contribution is -0.123. The summed E-state index contributed by atoms with van der Waals surface area (Å²) in [4.78, 5) is 37.7. The van der Waals surface area contributed by atoms with Crippen molar-refractivity contribution < 1.29 is 14.3 Å². The van der Waals surface area contributed by atoms with Gasteiger partial charge in [0.05, 0.1) is 11.8 Å². The summed E-state index contributed by atoms with van der Waals surface area (Å²) < 4.78 is 7.40. The number of aromatic amines is 1. The summed E-state index contributed by atoms with van der Waals surface area (Å²) in [6.45, 7) is 1.04. The molecule has 1 aliphatic heterocycles. The van der Waals surface area contributed by atoms with E-state index in [1.807, 2.05) is 42.9 Å². The lowest BCUT2D eigenvalue weighted by Gasteiger charge is -2.25. The van der Waals surface area contributed by atoms with E-state index in [1.165, 1.54) is 4.90 Å². The smallest absolute Gasteiger partial charge is 0.410 e. The van der Waals surface area contributed by atoms with Gasteiger partial charge in [-0.1, -0.05) is 18.2 Å². The molecule has 10 heteroatoms. The molecule has 1 saturated heterocycles. The van der Waals surface area contributed by atoms with Gasteiger partial charge in [0.2, 0.25) is 5.91 Å². The first-order valence-electron chi connectivity index (χ1n) is 10.3. The van der Waals surface area contributed by atoms with Gasteiger partial charge >= 0.3 is 6.09 Å². The number of imidazole rings is 1. The van der Waals surface area contributed by atoms with Crippen LogP contribution in [0.5, 0.6) is 0 Å². The number of benzene rings is 1. The molecule has 0 radical (unpaired) electrons. The van der Waals surface area contributed by atoms with Crippen LogP contribution in [0.2, 0.25) is 0 Å². The highest BCUT2D eigenvalue weighted by Gasteiger charge is 2.22. The van der Waals surface area contributed by atoms with Crippen LogP contribution >= 0.6 is 0 Å². The number of nitrogens with one attached hydrogen (secondary N) is 3. The van der Waals surface area contributed by atoms with Crippen LogP contribution in [0, 0.1) is 0 Å². The van der Waals surface area contributed by atoms with Crippen molar-refractivity contribution >= 4 is 39.9 Å². The van der Waals surface area contributed by atoms with Crippen LogP contribution < -0.4 is 10.6 Å². The number of rotatable bonds is 4. The molecule has 0 atom stereocenters. The van der Waals surface area contributed by atoms with Crippen molar-refractivity contribution in [1.82, 2.24) is 29.7 Å². The van der Waals surface area contributed by atoms with E-state index < -0.39 is 6.09 Å². The van der Waals surface area contributed by atoms with Gasteiger partial charge in [0.15, 0.2) is 5.82 Å². The highest BCUT2D eigenvalue weighted by molar-refractivity contribution is 6.07. The maximum absolute atomic E-state index is 12.3. The largest absolute Gasteiger partial charge is 0.445 e. The van der Waals surface area contributed by atoms with Gasteiger partial charge in [-0.05, 0) is 23.3 Å². The third-order valence-corrected chi connectivity index (χ3v) is 5.57. The average molecular weight is 433 g/mol. The molecule has 1 aromatic carbocycles. The van der Waals surface area contributed by atoms with E-state index in [0.717, 1.165) is 38.9 Å². The molecule has 4 heterocycles. The van der Waals surface area contributed by atoms with Crippen molar-refractivity contribution in [2.75, 3.05) is 32.0 Å². The quantitative estimate of drug-likeness (QED) is 0.454. The number of hydrogen-bond donors (Lipinski definition) is 3. The monoisotopic (exact) mass is 433 g/mol. The van der Waals surface area contributed by atoms with Crippen LogP contribution in [0.1, 0.15) is 5.56 Å². The van der Waals surface area contributed by atoms with Gasteiger partial charge in [-0.15, -0.1) is 0 Å². The highest BCUT2D eigenvalue weighted by Crippen LogP contribution is 2.31. The molecule has 0 bridgehead atoms. The maximum atomic E-state index is 12.3. The molecule has 3 N–H and O–H groups in total. The number of carbonyl (C=O) groups is 2. The molecular formula is C22H23N7O3. The molecule has 1 fully saturated rings. The standard InChI is InChI=1S/C22H23N7O3/c1-23-21-18-19(28(2)12-25-18)15-9-16(26-20(15)27-21)14-5-3-4-13(8-14)11-32-22(31)29-7-6-24-17(30)10-29/h3-5,8-9,12H,6-7,10-11H2,1-2H3,(H,24,30)(H2,23,26,27). The molecule has 1 aliphatic rings. The van der Waals surface area contributed by atoms with E-state index in [1.54, 1.807) is 6.33 Å². The second-order valence-electron chi connectivity index (χ2n) is 7.73. The van der Waals surface area contributed by atoms with Crippen LogP contribution in [0.15, 0.2) is 36.7 Å². The Kier molecular flexibility index (Phi) is 4.89. The Morgan fingerprint density at radius 3 is 3.00 bits per heavy atom. The van der Waals surface area contributed by atoms with E-state index >= 15 is 0 Å². The Morgan fingerprint density at radius 2 is 2.19 bits per heavy atom. The molecule has 3 aromatic heterocycles. The van der Waals surface area contributed by atoms with Crippen LogP contribution in [0.3, 0.4) is 0 Å². The number of nitrogens with zero attached hydrogens (tertiary/aromatic N) is 4. The highest BCUT2D eigenvalue weighted by atomic mass is 16.6. The Morgan fingerprint density at radius 1 is 1.31 bits per heavy atom. The number of piperazine rings is 1. The molecular weight excluding hydrogens is 410 g/mol. The molecule has 0 spiro atoms. The first kappa shape index (κ1) is 19.9. The van der Waals surface area contributed by atoms with Crippen LogP contribution in [-0.4, -0.2) is 63.1 Å². The average Bonchev–Trinajstić information content (AvgIpc) is 3.40. The molecule has 164 valence electrons. The fourth-order valence-electron chi connectivity index (χ4n) is 3.99.